The van der Waals surface area contributed by atoms with Crippen molar-refractivity contribution in [1.82, 2.24) is 10.6 Å². The van der Waals surface area contributed by atoms with Crippen molar-refractivity contribution in [3.63, 3.8) is 0 Å². The molecule has 116 valence electrons. The highest BCUT2D eigenvalue weighted by molar-refractivity contribution is 5.73. The van der Waals surface area contributed by atoms with Gasteiger partial charge in [-0.05, 0) is 48.9 Å². The smallest absolute Gasteiger partial charge is 0.314 e. The fraction of sp³-hybridized carbons (Fsp3) is 0.562. The van der Waals surface area contributed by atoms with Gasteiger partial charge in [-0.15, -0.1) is 0 Å². The van der Waals surface area contributed by atoms with Gasteiger partial charge in [0.2, 0.25) is 0 Å². The van der Waals surface area contributed by atoms with Gasteiger partial charge in [0, 0.05) is 20.3 Å². The lowest BCUT2D eigenvalue weighted by Gasteiger charge is -2.10. The van der Waals surface area contributed by atoms with E-state index in [-0.39, 0.29) is 6.03 Å². The number of rotatable bonds is 8. The highest BCUT2D eigenvalue weighted by atomic mass is 16.5. The molecule has 0 saturated carbocycles. The van der Waals surface area contributed by atoms with Crippen LogP contribution in [0.3, 0.4) is 0 Å². The van der Waals surface area contributed by atoms with Crippen LogP contribution in [0.15, 0.2) is 18.2 Å². The first-order valence-electron chi connectivity index (χ1n) is 7.55. The van der Waals surface area contributed by atoms with Crippen LogP contribution in [0.5, 0.6) is 5.75 Å². The van der Waals surface area contributed by atoms with Crippen LogP contribution in [0.1, 0.15) is 24.0 Å². The predicted molar refractivity (Wildman–Crippen MR) is 81.9 cm³/mol. The molecule has 0 unspecified atom stereocenters. The topological polar surface area (TPSA) is 59.6 Å². The number of amides is 2. The van der Waals surface area contributed by atoms with Crippen molar-refractivity contribution < 1.29 is 14.3 Å². The lowest BCUT2D eigenvalue weighted by atomic mass is 10.1. The van der Waals surface area contributed by atoms with Gasteiger partial charge in [-0.25, -0.2) is 4.79 Å². The molecule has 2 amide bonds. The second-order valence-electron chi connectivity index (χ2n) is 5.16. The Hall–Kier alpha value is -1.75. The van der Waals surface area contributed by atoms with Crippen molar-refractivity contribution in [3.05, 3.63) is 29.3 Å². The summed E-state index contributed by atoms with van der Waals surface area (Å²) in [6.45, 7) is 2.24. The Labute approximate surface area is 126 Å². The van der Waals surface area contributed by atoms with E-state index in [1.807, 2.05) is 6.07 Å². The quantitative estimate of drug-likeness (QED) is 0.719. The number of carbonyl (C=O) groups is 1. The molecule has 0 aliphatic heterocycles. The zero-order valence-corrected chi connectivity index (χ0v) is 12.6. The Morgan fingerprint density at radius 3 is 2.81 bits per heavy atom. The molecule has 0 fully saturated rings. The zero-order chi connectivity index (χ0) is 14.9. The van der Waals surface area contributed by atoms with E-state index in [9.17, 15) is 4.79 Å². The van der Waals surface area contributed by atoms with Gasteiger partial charge in [-0.2, -0.15) is 0 Å². The molecule has 21 heavy (non-hydrogen) atoms. The van der Waals surface area contributed by atoms with E-state index in [0.717, 1.165) is 18.6 Å². The minimum atomic E-state index is -0.163. The van der Waals surface area contributed by atoms with Gasteiger partial charge >= 0.3 is 6.03 Å². The summed E-state index contributed by atoms with van der Waals surface area (Å²) in [6, 6.07) is 6.11. The maximum absolute atomic E-state index is 11.5. The summed E-state index contributed by atoms with van der Waals surface area (Å²) in [5, 5.41) is 5.53. The lowest BCUT2D eigenvalue weighted by molar-refractivity contribution is 0.193. The fourth-order valence-corrected chi connectivity index (χ4v) is 2.45. The van der Waals surface area contributed by atoms with Gasteiger partial charge in [0.25, 0.3) is 0 Å². The maximum atomic E-state index is 11.5. The first-order chi connectivity index (χ1) is 10.3. The number of urea groups is 1. The van der Waals surface area contributed by atoms with E-state index in [0.29, 0.717) is 26.3 Å². The first kappa shape index (κ1) is 15.6. The molecule has 0 saturated heterocycles. The molecule has 1 aromatic carbocycles. The van der Waals surface area contributed by atoms with Crippen molar-refractivity contribution in [2.75, 3.05) is 33.4 Å². The summed E-state index contributed by atoms with van der Waals surface area (Å²) < 4.78 is 10.6. The number of benzene rings is 1. The third-order valence-corrected chi connectivity index (χ3v) is 3.54. The number of fused-ring (bicyclic) bond motifs is 1. The largest absolute Gasteiger partial charge is 0.492 e. The summed E-state index contributed by atoms with van der Waals surface area (Å²) in [7, 11) is 1.65. The third-order valence-electron chi connectivity index (χ3n) is 3.54. The molecular weight excluding hydrogens is 268 g/mol. The second-order valence-corrected chi connectivity index (χ2v) is 5.16. The van der Waals surface area contributed by atoms with Crippen LogP contribution >= 0.6 is 0 Å². The summed E-state index contributed by atoms with van der Waals surface area (Å²) in [5.74, 6) is 0.887. The van der Waals surface area contributed by atoms with E-state index < -0.39 is 0 Å². The third kappa shape index (κ3) is 5.27. The van der Waals surface area contributed by atoms with E-state index in [4.69, 9.17) is 9.47 Å². The van der Waals surface area contributed by atoms with Gasteiger partial charge in [-0.3, -0.25) is 0 Å². The minimum absolute atomic E-state index is 0.163. The predicted octanol–water partition coefficient (Wildman–Crippen LogP) is 1.89. The molecule has 1 aliphatic rings. The standard InChI is InChI=1S/C16H24N2O3/c1-20-10-3-8-17-16(19)18-9-11-21-15-7-6-13-4-2-5-14(13)12-15/h6-7,12H,2-5,8-11H2,1H3,(H2,17,18,19). The fourth-order valence-electron chi connectivity index (χ4n) is 2.45. The first-order valence-corrected chi connectivity index (χ1v) is 7.55. The van der Waals surface area contributed by atoms with Crippen molar-refractivity contribution in [2.24, 2.45) is 0 Å². The Morgan fingerprint density at radius 1 is 1.14 bits per heavy atom. The molecule has 1 aromatic rings. The number of nitrogens with one attached hydrogen (secondary N) is 2. The van der Waals surface area contributed by atoms with Gasteiger partial charge in [0.05, 0.1) is 6.54 Å². The molecule has 1 aliphatic carbocycles. The number of hydrogen-bond donors (Lipinski definition) is 2. The molecule has 0 atom stereocenters. The molecule has 0 aromatic heterocycles. The summed E-state index contributed by atoms with van der Waals surface area (Å²) in [6.07, 6.45) is 4.38. The molecule has 0 spiro atoms. The molecule has 5 heteroatoms. The average Bonchev–Trinajstić information content (AvgIpc) is 2.96. The lowest BCUT2D eigenvalue weighted by Crippen LogP contribution is -2.38. The van der Waals surface area contributed by atoms with Crippen molar-refractivity contribution >= 4 is 6.03 Å². The molecule has 0 radical (unpaired) electrons. The summed E-state index contributed by atoms with van der Waals surface area (Å²) in [5.41, 5.74) is 2.84. The van der Waals surface area contributed by atoms with Crippen LogP contribution in [-0.2, 0) is 17.6 Å². The number of hydrogen-bond acceptors (Lipinski definition) is 3. The van der Waals surface area contributed by atoms with Crippen LogP contribution in [0, 0.1) is 0 Å². The van der Waals surface area contributed by atoms with E-state index in [1.165, 1.54) is 24.0 Å². The zero-order valence-electron chi connectivity index (χ0n) is 12.6. The van der Waals surface area contributed by atoms with Crippen LogP contribution in [-0.4, -0.2) is 39.4 Å². The highest BCUT2D eigenvalue weighted by Crippen LogP contribution is 2.25. The van der Waals surface area contributed by atoms with Gasteiger partial charge < -0.3 is 20.1 Å². The monoisotopic (exact) mass is 292 g/mol. The number of ether oxygens (including phenoxy) is 2. The number of aryl methyl sites for hydroxylation is 2. The molecule has 5 nitrogen and oxygen atoms in total. The van der Waals surface area contributed by atoms with Crippen LogP contribution < -0.4 is 15.4 Å². The Morgan fingerprint density at radius 2 is 1.95 bits per heavy atom. The molecular formula is C16H24N2O3. The normalized spacial score (nSPS) is 12.8. The van der Waals surface area contributed by atoms with Crippen molar-refractivity contribution in [2.45, 2.75) is 25.7 Å². The maximum Gasteiger partial charge on any atom is 0.314 e. The van der Waals surface area contributed by atoms with E-state index in [2.05, 4.69) is 22.8 Å². The van der Waals surface area contributed by atoms with Crippen molar-refractivity contribution in [1.29, 1.82) is 0 Å². The van der Waals surface area contributed by atoms with Crippen molar-refractivity contribution in [3.8, 4) is 5.75 Å². The minimum Gasteiger partial charge on any atom is -0.492 e. The molecule has 0 heterocycles. The number of methoxy groups -OCH3 is 1. The van der Waals surface area contributed by atoms with Crippen LogP contribution in [0.25, 0.3) is 0 Å². The van der Waals surface area contributed by atoms with E-state index in [1.54, 1.807) is 7.11 Å². The van der Waals surface area contributed by atoms with Gasteiger partial charge in [-0.1, -0.05) is 6.07 Å². The Kier molecular flexibility index (Phi) is 6.34. The van der Waals surface area contributed by atoms with Gasteiger partial charge in [0.1, 0.15) is 12.4 Å². The molecule has 2 rings (SSSR count). The summed E-state index contributed by atoms with van der Waals surface area (Å²) in [4.78, 5) is 11.5. The Balaban J connectivity index is 1.58. The van der Waals surface area contributed by atoms with Crippen LogP contribution in [0.4, 0.5) is 4.79 Å². The summed E-state index contributed by atoms with van der Waals surface area (Å²) >= 11 is 0. The van der Waals surface area contributed by atoms with Gasteiger partial charge in [0.15, 0.2) is 0 Å². The Bertz CT molecular complexity index is 463. The SMILES string of the molecule is COCCCNC(=O)NCCOc1ccc2c(c1)CCC2. The highest BCUT2D eigenvalue weighted by Gasteiger charge is 2.11. The molecule has 2 N–H and O–H groups in total. The molecule has 0 bridgehead atoms. The van der Waals surface area contributed by atoms with E-state index >= 15 is 0 Å². The van der Waals surface area contributed by atoms with Crippen LogP contribution in [0.2, 0.25) is 0 Å². The second kappa shape index (κ2) is 8.52. The average molecular weight is 292 g/mol. The number of carbonyl (C=O) groups excluding carboxylic acids is 1.